The Morgan fingerprint density at radius 1 is 1.03 bits per heavy atom. The lowest BCUT2D eigenvalue weighted by molar-refractivity contribution is 0.309. The highest BCUT2D eigenvalue weighted by molar-refractivity contribution is 5.82. The number of nitrogens with zero attached hydrogens (tertiary/aromatic N) is 1. The van der Waals surface area contributed by atoms with Gasteiger partial charge in [-0.25, -0.2) is 0 Å². The topological polar surface area (TPSA) is 125 Å². The zero-order valence-electron chi connectivity index (χ0n) is 17.3. The first-order chi connectivity index (χ1) is 14.7. The fourth-order valence-electron chi connectivity index (χ4n) is 3.19. The molecule has 3 rings (SSSR count). The number of unbranched alkanes of at least 4 members (excludes halogenated alkanes) is 1. The van der Waals surface area contributed by atoms with Crippen LogP contribution in [-0.4, -0.2) is 32.2 Å². The van der Waals surface area contributed by atoms with E-state index in [0.29, 0.717) is 26.2 Å². The third kappa shape index (κ3) is 6.23. The predicted molar refractivity (Wildman–Crippen MR) is 122 cm³/mol. The first kappa shape index (κ1) is 21.7. The fraction of sp³-hybridized carbons (Fsp3) is 0.348. The zero-order chi connectivity index (χ0) is 21.2. The summed E-state index contributed by atoms with van der Waals surface area (Å²) in [7, 11) is 0. The Morgan fingerprint density at radius 2 is 1.90 bits per heavy atom. The SMILES string of the molecule is NCCCOc1ccc(-c2cc3ccccc3o2)cc1CNCCCCN=C(N)N. The number of nitrogens with two attached hydrogens (primary N) is 3. The molecule has 0 aliphatic heterocycles. The average Bonchev–Trinajstić information content (AvgIpc) is 3.18. The minimum Gasteiger partial charge on any atom is -0.493 e. The van der Waals surface area contributed by atoms with Crippen molar-refractivity contribution in [2.45, 2.75) is 25.8 Å². The molecule has 1 aromatic heterocycles. The molecule has 30 heavy (non-hydrogen) atoms. The lowest BCUT2D eigenvalue weighted by Crippen LogP contribution is -2.23. The first-order valence-electron chi connectivity index (χ1n) is 10.4. The number of benzene rings is 2. The number of hydrogen-bond donors (Lipinski definition) is 4. The van der Waals surface area contributed by atoms with Crippen LogP contribution < -0.4 is 27.3 Å². The smallest absolute Gasteiger partial charge is 0.185 e. The summed E-state index contributed by atoms with van der Waals surface area (Å²) < 4.78 is 12.0. The molecule has 7 nitrogen and oxygen atoms in total. The molecule has 0 unspecified atom stereocenters. The number of para-hydroxylation sites is 1. The number of fused-ring (bicyclic) bond motifs is 1. The van der Waals surface area contributed by atoms with Gasteiger partial charge in [0, 0.05) is 29.6 Å². The Hall–Kier alpha value is -3.03. The van der Waals surface area contributed by atoms with Gasteiger partial charge in [0.15, 0.2) is 5.96 Å². The van der Waals surface area contributed by atoms with E-state index in [1.165, 1.54) is 0 Å². The van der Waals surface area contributed by atoms with Gasteiger partial charge in [0.25, 0.3) is 0 Å². The molecule has 0 saturated carbocycles. The fourth-order valence-corrected chi connectivity index (χ4v) is 3.19. The largest absolute Gasteiger partial charge is 0.493 e. The summed E-state index contributed by atoms with van der Waals surface area (Å²) in [5.74, 6) is 1.86. The van der Waals surface area contributed by atoms with Crippen LogP contribution in [0.2, 0.25) is 0 Å². The number of aliphatic imine (C=N–C) groups is 1. The summed E-state index contributed by atoms with van der Waals surface area (Å²) in [4.78, 5) is 4.00. The van der Waals surface area contributed by atoms with Gasteiger partial charge in [-0.1, -0.05) is 18.2 Å². The minimum absolute atomic E-state index is 0.143. The van der Waals surface area contributed by atoms with Crippen molar-refractivity contribution in [2.75, 3.05) is 26.2 Å². The van der Waals surface area contributed by atoms with E-state index in [1.54, 1.807) is 0 Å². The molecular weight excluding hydrogens is 378 g/mol. The molecule has 0 saturated heterocycles. The normalized spacial score (nSPS) is 11.0. The van der Waals surface area contributed by atoms with Crippen molar-refractivity contribution in [3.05, 3.63) is 54.1 Å². The van der Waals surface area contributed by atoms with Crippen molar-refractivity contribution in [3.63, 3.8) is 0 Å². The number of nitrogens with one attached hydrogen (secondary N) is 1. The third-order valence-electron chi connectivity index (χ3n) is 4.75. The Bertz CT molecular complexity index is 930. The molecule has 0 amide bonds. The Morgan fingerprint density at radius 3 is 2.70 bits per heavy atom. The van der Waals surface area contributed by atoms with Gasteiger partial charge >= 0.3 is 0 Å². The Kier molecular flexibility index (Phi) is 8.11. The molecule has 0 radical (unpaired) electrons. The van der Waals surface area contributed by atoms with Gasteiger partial charge in [-0.05, 0) is 62.7 Å². The van der Waals surface area contributed by atoms with Crippen molar-refractivity contribution in [3.8, 4) is 17.1 Å². The highest BCUT2D eigenvalue weighted by Gasteiger charge is 2.10. The molecule has 7 N–H and O–H groups in total. The molecule has 2 aromatic carbocycles. The van der Waals surface area contributed by atoms with Gasteiger partial charge < -0.3 is 31.7 Å². The van der Waals surface area contributed by atoms with Gasteiger partial charge in [0.2, 0.25) is 0 Å². The highest BCUT2D eigenvalue weighted by atomic mass is 16.5. The predicted octanol–water partition coefficient (Wildman–Crippen LogP) is 2.97. The van der Waals surface area contributed by atoms with Crippen molar-refractivity contribution >= 4 is 16.9 Å². The summed E-state index contributed by atoms with van der Waals surface area (Å²) in [6.07, 6.45) is 2.75. The van der Waals surface area contributed by atoms with Crippen molar-refractivity contribution in [1.29, 1.82) is 0 Å². The number of hydrogen-bond acceptors (Lipinski definition) is 5. The summed E-state index contributed by atoms with van der Waals surface area (Å²) in [5.41, 5.74) is 19.3. The number of rotatable bonds is 12. The molecule has 0 fully saturated rings. The second-order valence-electron chi connectivity index (χ2n) is 7.15. The van der Waals surface area contributed by atoms with E-state index < -0.39 is 0 Å². The second kappa shape index (κ2) is 11.2. The Labute approximate surface area is 177 Å². The van der Waals surface area contributed by atoms with Crippen LogP contribution in [0.15, 0.2) is 57.9 Å². The summed E-state index contributed by atoms with van der Waals surface area (Å²) in [5, 5.41) is 4.57. The molecule has 7 heteroatoms. The minimum atomic E-state index is 0.143. The van der Waals surface area contributed by atoms with Crippen LogP contribution in [0.1, 0.15) is 24.8 Å². The van der Waals surface area contributed by atoms with Crippen LogP contribution >= 0.6 is 0 Å². The molecule has 0 bridgehead atoms. The Balaban J connectivity index is 1.67. The van der Waals surface area contributed by atoms with Crippen molar-refractivity contribution < 1.29 is 9.15 Å². The molecule has 160 valence electrons. The van der Waals surface area contributed by atoms with Crippen LogP contribution in [0.5, 0.6) is 5.75 Å². The van der Waals surface area contributed by atoms with Crippen LogP contribution in [0.4, 0.5) is 0 Å². The maximum atomic E-state index is 6.03. The quantitative estimate of drug-likeness (QED) is 0.207. The van der Waals surface area contributed by atoms with Gasteiger partial charge in [-0.15, -0.1) is 0 Å². The second-order valence-corrected chi connectivity index (χ2v) is 7.15. The maximum absolute atomic E-state index is 6.03. The molecule has 0 aliphatic carbocycles. The first-order valence-corrected chi connectivity index (χ1v) is 10.4. The maximum Gasteiger partial charge on any atom is 0.185 e. The summed E-state index contributed by atoms with van der Waals surface area (Å²) in [6, 6.07) is 16.3. The summed E-state index contributed by atoms with van der Waals surface area (Å²) >= 11 is 0. The lowest BCUT2D eigenvalue weighted by Gasteiger charge is -2.13. The van der Waals surface area contributed by atoms with Crippen LogP contribution in [0.3, 0.4) is 0 Å². The van der Waals surface area contributed by atoms with Crippen LogP contribution in [-0.2, 0) is 6.54 Å². The highest BCUT2D eigenvalue weighted by Crippen LogP contribution is 2.31. The molecule has 1 heterocycles. The lowest BCUT2D eigenvalue weighted by atomic mass is 10.1. The van der Waals surface area contributed by atoms with E-state index in [2.05, 4.69) is 28.5 Å². The monoisotopic (exact) mass is 409 g/mol. The van der Waals surface area contributed by atoms with E-state index in [4.69, 9.17) is 26.4 Å². The molecular formula is C23H31N5O2. The number of furan rings is 1. The van der Waals surface area contributed by atoms with E-state index in [0.717, 1.165) is 59.4 Å². The number of guanidine groups is 1. The van der Waals surface area contributed by atoms with Gasteiger partial charge in [-0.3, -0.25) is 4.99 Å². The van der Waals surface area contributed by atoms with Gasteiger partial charge in [0.05, 0.1) is 6.61 Å². The third-order valence-corrected chi connectivity index (χ3v) is 4.75. The molecule has 3 aromatic rings. The van der Waals surface area contributed by atoms with E-state index in [9.17, 15) is 0 Å². The molecule has 0 spiro atoms. The van der Waals surface area contributed by atoms with Crippen molar-refractivity contribution in [2.24, 2.45) is 22.2 Å². The van der Waals surface area contributed by atoms with Crippen molar-refractivity contribution in [1.82, 2.24) is 5.32 Å². The number of ether oxygens (including phenoxy) is 1. The molecule has 0 aliphatic rings. The van der Waals surface area contributed by atoms with E-state index in [1.807, 2.05) is 30.3 Å². The molecule has 0 atom stereocenters. The standard InChI is InChI=1S/C23H31N5O2/c24-10-5-13-29-20-9-8-18(22-15-17-6-1-2-7-21(17)30-22)14-19(20)16-27-11-3-4-12-28-23(25)26/h1-2,6-9,14-15,27H,3-5,10-13,16,24H2,(H4,25,26,28). The van der Waals surface area contributed by atoms with Crippen LogP contribution in [0.25, 0.3) is 22.3 Å². The van der Waals surface area contributed by atoms with E-state index >= 15 is 0 Å². The zero-order valence-corrected chi connectivity index (χ0v) is 17.3. The van der Waals surface area contributed by atoms with E-state index in [-0.39, 0.29) is 5.96 Å². The van der Waals surface area contributed by atoms with Crippen LogP contribution in [0, 0.1) is 0 Å². The van der Waals surface area contributed by atoms with Gasteiger partial charge in [-0.2, -0.15) is 0 Å². The van der Waals surface area contributed by atoms with Gasteiger partial charge in [0.1, 0.15) is 17.1 Å². The average molecular weight is 410 g/mol. The summed E-state index contributed by atoms with van der Waals surface area (Å²) in [6.45, 7) is 3.44.